The minimum Gasteiger partial charge on any atom is -0.478 e. The molecule has 1 amide bonds. The first-order chi connectivity index (χ1) is 12.6. The van der Waals surface area contributed by atoms with Crippen LogP contribution in [0.2, 0.25) is 0 Å². The molecule has 2 N–H and O–H groups in total. The van der Waals surface area contributed by atoms with Gasteiger partial charge in [0.25, 0.3) is 5.91 Å². The van der Waals surface area contributed by atoms with Crippen LogP contribution in [0.3, 0.4) is 0 Å². The number of nitrogens with one attached hydrogen (secondary N) is 1. The highest BCUT2D eigenvalue weighted by molar-refractivity contribution is 7.17. The second-order valence-electron chi connectivity index (χ2n) is 6.56. The molecule has 2 aliphatic carbocycles. The molecule has 0 atom stereocenters. The second kappa shape index (κ2) is 6.99. The van der Waals surface area contributed by atoms with Crippen LogP contribution in [0, 0.1) is 0 Å². The van der Waals surface area contributed by atoms with Crippen LogP contribution in [0.1, 0.15) is 42.5 Å². The number of hydrogen-bond acceptors (Lipinski definition) is 5. The monoisotopic (exact) mass is 369 g/mol. The minimum atomic E-state index is -0.996. The third-order valence-electron chi connectivity index (χ3n) is 4.94. The molecule has 0 radical (unpaired) electrons. The van der Waals surface area contributed by atoms with Crippen LogP contribution in [-0.2, 0) is 22.4 Å². The molecule has 134 valence electrons. The summed E-state index contributed by atoms with van der Waals surface area (Å²) in [5.41, 5.74) is 2.75. The van der Waals surface area contributed by atoms with Gasteiger partial charge in [0.2, 0.25) is 0 Å². The van der Waals surface area contributed by atoms with Crippen molar-refractivity contribution in [2.75, 3.05) is 5.32 Å². The van der Waals surface area contributed by atoms with Crippen LogP contribution in [0.15, 0.2) is 29.6 Å². The number of amides is 1. The van der Waals surface area contributed by atoms with Crippen molar-refractivity contribution in [3.8, 4) is 11.4 Å². The smallest absolute Gasteiger partial charge is 0.332 e. The maximum atomic E-state index is 12.8. The zero-order valence-corrected chi connectivity index (χ0v) is 15.1. The number of carbonyl (C=O) groups is 2. The number of thiophene rings is 1. The van der Waals surface area contributed by atoms with Gasteiger partial charge in [-0.1, -0.05) is 0 Å². The Kier molecular flexibility index (Phi) is 4.55. The highest BCUT2D eigenvalue weighted by Crippen LogP contribution is 2.43. The molecule has 6 nitrogen and oxygen atoms in total. The Balaban J connectivity index is 1.73. The van der Waals surface area contributed by atoms with Crippen LogP contribution in [0.25, 0.3) is 11.4 Å². The summed E-state index contributed by atoms with van der Waals surface area (Å²) in [6.07, 6.45) is 9.28. The van der Waals surface area contributed by atoms with Gasteiger partial charge in [0, 0.05) is 28.4 Å². The van der Waals surface area contributed by atoms with Crippen molar-refractivity contribution < 1.29 is 14.7 Å². The fourth-order valence-electron chi connectivity index (χ4n) is 3.73. The normalized spacial score (nSPS) is 16.5. The predicted octanol–water partition coefficient (Wildman–Crippen LogP) is 3.59. The number of hydrogen-bond donors (Lipinski definition) is 2. The molecule has 0 saturated carbocycles. The van der Waals surface area contributed by atoms with Gasteiger partial charge in [-0.15, -0.1) is 11.3 Å². The summed E-state index contributed by atoms with van der Waals surface area (Å²) >= 11 is 1.57. The summed E-state index contributed by atoms with van der Waals surface area (Å²) in [6.45, 7) is 0. The number of carbonyl (C=O) groups excluding carboxylic acids is 1. The highest BCUT2D eigenvalue weighted by atomic mass is 32.1. The molecule has 0 aromatic carbocycles. The van der Waals surface area contributed by atoms with E-state index in [9.17, 15) is 14.7 Å². The quantitative estimate of drug-likeness (QED) is 0.859. The number of nitrogens with zero attached hydrogens (tertiary/aromatic N) is 2. The molecule has 2 aromatic rings. The average molecular weight is 369 g/mol. The summed E-state index contributed by atoms with van der Waals surface area (Å²) in [6, 6.07) is 1.77. The number of aromatic nitrogens is 2. The third kappa shape index (κ3) is 3.03. The van der Waals surface area contributed by atoms with Gasteiger partial charge in [0.15, 0.2) is 5.82 Å². The Morgan fingerprint density at radius 3 is 2.50 bits per heavy atom. The van der Waals surface area contributed by atoms with Gasteiger partial charge in [0.1, 0.15) is 5.00 Å². The van der Waals surface area contributed by atoms with E-state index < -0.39 is 5.97 Å². The SMILES string of the molecule is O=C(O)C1=C(C(=O)Nc2sc3c(c2-c2ncccn2)CCCC3)CCC1. The van der Waals surface area contributed by atoms with E-state index in [4.69, 9.17) is 0 Å². The first-order valence-corrected chi connectivity index (χ1v) is 9.65. The van der Waals surface area contributed by atoms with Gasteiger partial charge in [0.05, 0.1) is 5.56 Å². The van der Waals surface area contributed by atoms with E-state index in [0.717, 1.165) is 36.2 Å². The van der Waals surface area contributed by atoms with Crippen molar-refractivity contribution in [1.29, 1.82) is 0 Å². The summed E-state index contributed by atoms with van der Waals surface area (Å²) in [7, 11) is 0. The molecule has 0 spiro atoms. The fourth-order valence-corrected chi connectivity index (χ4v) is 5.01. The highest BCUT2D eigenvalue weighted by Gasteiger charge is 2.28. The third-order valence-corrected chi connectivity index (χ3v) is 6.15. The molecule has 0 aliphatic heterocycles. The second-order valence-corrected chi connectivity index (χ2v) is 7.66. The molecule has 2 aromatic heterocycles. The molecular weight excluding hydrogens is 350 g/mol. The van der Waals surface area contributed by atoms with E-state index in [1.165, 1.54) is 10.4 Å². The van der Waals surface area contributed by atoms with Crippen molar-refractivity contribution >= 4 is 28.2 Å². The lowest BCUT2D eigenvalue weighted by Gasteiger charge is -2.12. The Hall–Kier alpha value is -2.54. The van der Waals surface area contributed by atoms with Crippen LogP contribution in [0.4, 0.5) is 5.00 Å². The molecule has 26 heavy (non-hydrogen) atoms. The van der Waals surface area contributed by atoms with E-state index in [1.54, 1.807) is 29.8 Å². The van der Waals surface area contributed by atoms with E-state index in [-0.39, 0.29) is 11.5 Å². The first kappa shape index (κ1) is 16.9. The van der Waals surface area contributed by atoms with Crippen LogP contribution < -0.4 is 5.32 Å². The summed E-state index contributed by atoms with van der Waals surface area (Å²) in [4.78, 5) is 34.1. The zero-order valence-electron chi connectivity index (χ0n) is 14.2. The summed E-state index contributed by atoms with van der Waals surface area (Å²) in [5.74, 6) is -0.693. The zero-order chi connectivity index (χ0) is 18.1. The number of aryl methyl sites for hydroxylation is 1. The fraction of sp³-hybridized carbons (Fsp3) is 0.368. The molecule has 2 heterocycles. The van der Waals surface area contributed by atoms with E-state index in [1.807, 2.05) is 0 Å². The molecule has 2 aliphatic rings. The Morgan fingerprint density at radius 1 is 1.00 bits per heavy atom. The van der Waals surface area contributed by atoms with Gasteiger partial charge in [-0.3, -0.25) is 4.79 Å². The number of aliphatic carboxylic acids is 1. The van der Waals surface area contributed by atoms with Crippen LogP contribution in [0.5, 0.6) is 0 Å². The summed E-state index contributed by atoms with van der Waals surface area (Å²) in [5, 5.41) is 13.0. The van der Waals surface area contributed by atoms with Gasteiger partial charge < -0.3 is 10.4 Å². The molecule has 7 heteroatoms. The van der Waals surface area contributed by atoms with Crippen molar-refractivity contribution in [3.05, 3.63) is 40.0 Å². The van der Waals surface area contributed by atoms with Gasteiger partial charge in [-0.25, -0.2) is 14.8 Å². The molecule has 0 bridgehead atoms. The van der Waals surface area contributed by atoms with E-state index in [2.05, 4.69) is 15.3 Å². The predicted molar refractivity (Wildman–Crippen MR) is 99.1 cm³/mol. The van der Waals surface area contributed by atoms with Crippen molar-refractivity contribution in [3.63, 3.8) is 0 Å². The standard InChI is InChI=1S/C19H19N3O3S/c23-17(11-6-3-7-12(11)19(24)25)22-18-15(16-20-9-4-10-21-16)13-5-1-2-8-14(13)26-18/h4,9-10H,1-3,5-8H2,(H,22,23)(H,24,25). The number of rotatable bonds is 4. The number of carboxylic acids is 1. The Bertz CT molecular complexity index is 902. The molecule has 0 fully saturated rings. The van der Waals surface area contributed by atoms with Crippen molar-refractivity contribution in [2.45, 2.75) is 44.9 Å². The number of anilines is 1. The topological polar surface area (TPSA) is 92.2 Å². The lowest BCUT2D eigenvalue weighted by molar-refractivity contribution is -0.133. The van der Waals surface area contributed by atoms with Crippen LogP contribution in [-0.4, -0.2) is 27.0 Å². The lowest BCUT2D eigenvalue weighted by Crippen LogP contribution is -2.16. The Morgan fingerprint density at radius 2 is 1.73 bits per heavy atom. The number of fused-ring (bicyclic) bond motifs is 1. The number of carboxylic acid groups (broad SMARTS) is 1. The molecule has 0 unspecified atom stereocenters. The lowest BCUT2D eigenvalue weighted by atomic mass is 9.95. The van der Waals surface area contributed by atoms with Gasteiger partial charge >= 0.3 is 5.97 Å². The van der Waals surface area contributed by atoms with E-state index >= 15 is 0 Å². The molecular formula is C19H19N3O3S. The largest absolute Gasteiger partial charge is 0.478 e. The first-order valence-electron chi connectivity index (χ1n) is 8.83. The van der Waals surface area contributed by atoms with Crippen molar-refractivity contribution in [1.82, 2.24) is 9.97 Å². The average Bonchev–Trinajstić information content (AvgIpc) is 3.27. The van der Waals surface area contributed by atoms with Gasteiger partial charge in [-0.05, 0) is 56.6 Å². The molecule has 0 saturated heterocycles. The maximum absolute atomic E-state index is 12.8. The minimum absolute atomic E-state index is 0.237. The maximum Gasteiger partial charge on any atom is 0.332 e. The van der Waals surface area contributed by atoms with Gasteiger partial charge in [-0.2, -0.15) is 0 Å². The van der Waals surface area contributed by atoms with E-state index in [0.29, 0.717) is 30.7 Å². The molecule has 4 rings (SSSR count). The summed E-state index contributed by atoms with van der Waals surface area (Å²) < 4.78 is 0. The van der Waals surface area contributed by atoms with Crippen LogP contribution >= 0.6 is 11.3 Å². The van der Waals surface area contributed by atoms with Crippen molar-refractivity contribution in [2.24, 2.45) is 0 Å². The Labute approximate surface area is 155 Å².